The largest absolute Gasteiger partial charge is 0.302 e. The highest BCUT2D eigenvalue weighted by molar-refractivity contribution is 8.05. The standard InChI is InChI=1S/C10H9ClN6S/c11-8-7(6-4-15-16-5-6)17(9(12)18-8)10-13-2-1-3-14-10/h1-5,9H,12H2,(H,15,16). The molecule has 0 aliphatic carbocycles. The van der Waals surface area contributed by atoms with E-state index in [1.165, 1.54) is 11.8 Å². The molecule has 1 aliphatic heterocycles. The number of aromatic nitrogens is 4. The normalized spacial score (nSPS) is 19.7. The second-order valence-electron chi connectivity index (χ2n) is 3.54. The van der Waals surface area contributed by atoms with Gasteiger partial charge in [0.1, 0.15) is 9.86 Å². The number of rotatable bonds is 2. The predicted octanol–water partition coefficient (Wildman–Crippen LogP) is 1.56. The fraction of sp³-hybridized carbons (Fsp3) is 0.100. The van der Waals surface area contributed by atoms with Crippen LogP contribution in [0.25, 0.3) is 5.70 Å². The lowest BCUT2D eigenvalue weighted by Gasteiger charge is -2.22. The van der Waals surface area contributed by atoms with Crippen molar-refractivity contribution in [2.75, 3.05) is 4.90 Å². The van der Waals surface area contributed by atoms with E-state index >= 15 is 0 Å². The summed E-state index contributed by atoms with van der Waals surface area (Å²) in [4.78, 5) is 10.2. The molecule has 1 atom stereocenters. The lowest BCUT2D eigenvalue weighted by molar-refractivity contribution is 0.887. The Morgan fingerprint density at radius 2 is 2.17 bits per heavy atom. The summed E-state index contributed by atoms with van der Waals surface area (Å²) in [5, 5.41) is 6.67. The van der Waals surface area contributed by atoms with E-state index in [1.54, 1.807) is 35.8 Å². The van der Waals surface area contributed by atoms with Crippen molar-refractivity contribution in [2.45, 2.75) is 5.50 Å². The second-order valence-corrected chi connectivity index (χ2v) is 5.27. The minimum Gasteiger partial charge on any atom is -0.302 e. The molecule has 1 unspecified atom stereocenters. The molecule has 18 heavy (non-hydrogen) atoms. The van der Waals surface area contributed by atoms with Crippen molar-refractivity contribution in [3.63, 3.8) is 0 Å². The van der Waals surface area contributed by atoms with Crippen LogP contribution in [0.5, 0.6) is 0 Å². The van der Waals surface area contributed by atoms with Crippen LogP contribution in [0.4, 0.5) is 5.95 Å². The molecule has 2 aromatic heterocycles. The van der Waals surface area contributed by atoms with Crippen LogP contribution in [0.2, 0.25) is 0 Å². The maximum Gasteiger partial charge on any atom is 0.231 e. The summed E-state index contributed by atoms with van der Waals surface area (Å²) in [6.07, 6.45) is 6.77. The number of aromatic amines is 1. The fourth-order valence-electron chi connectivity index (χ4n) is 1.70. The lowest BCUT2D eigenvalue weighted by atomic mass is 10.2. The molecule has 0 spiro atoms. The molecular formula is C10H9ClN6S. The third-order valence-electron chi connectivity index (χ3n) is 2.45. The Hall–Kier alpha value is -1.57. The molecule has 6 nitrogen and oxygen atoms in total. The number of thioether (sulfide) groups is 1. The number of nitrogens with zero attached hydrogens (tertiary/aromatic N) is 4. The van der Waals surface area contributed by atoms with Crippen molar-refractivity contribution in [3.05, 3.63) is 40.8 Å². The van der Waals surface area contributed by atoms with E-state index in [1.807, 2.05) is 0 Å². The Balaban J connectivity index is 2.07. The average Bonchev–Trinajstić information content (AvgIpc) is 2.97. The van der Waals surface area contributed by atoms with Gasteiger partial charge in [0.15, 0.2) is 0 Å². The van der Waals surface area contributed by atoms with Crippen molar-refractivity contribution >= 4 is 35.0 Å². The first kappa shape index (κ1) is 11.5. The second kappa shape index (κ2) is 4.60. The minimum absolute atomic E-state index is 0.343. The zero-order valence-electron chi connectivity index (χ0n) is 9.12. The summed E-state index contributed by atoms with van der Waals surface area (Å²) in [7, 11) is 0. The predicted molar refractivity (Wildman–Crippen MR) is 71.4 cm³/mol. The Kier molecular flexibility index (Phi) is 2.94. The summed E-state index contributed by atoms with van der Waals surface area (Å²) in [6, 6.07) is 1.75. The van der Waals surface area contributed by atoms with Gasteiger partial charge in [-0.3, -0.25) is 10.00 Å². The van der Waals surface area contributed by atoms with Gasteiger partial charge in [0, 0.05) is 24.2 Å². The molecule has 3 heterocycles. The number of nitrogens with one attached hydrogen (secondary N) is 1. The minimum atomic E-state index is -0.343. The summed E-state index contributed by atoms with van der Waals surface area (Å²) in [6.45, 7) is 0. The van der Waals surface area contributed by atoms with Gasteiger partial charge >= 0.3 is 0 Å². The smallest absolute Gasteiger partial charge is 0.231 e. The van der Waals surface area contributed by atoms with E-state index < -0.39 is 0 Å². The zero-order valence-corrected chi connectivity index (χ0v) is 10.7. The molecule has 8 heteroatoms. The molecule has 0 radical (unpaired) electrons. The van der Waals surface area contributed by atoms with Crippen LogP contribution in [-0.2, 0) is 0 Å². The Bertz CT molecular complexity index is 569. The highest BCUT2D eigenvalue weighted by atomic mass is 35.5. The van der Waals surface area contributed by atoms with Crippen LogP contribution in [0, 0.1) is 0 Å². The number of anilines is 1. The molecule has 3 rings (SSSR count). The average molecular weight is 281 g/mol. The van der Waals surface area contributed by atoms with Crippen LogP contribution >= 0.6 is 23.4 Å². The number of hydrogen-bond acceptors (Lipinski definition) is 6. The van der Waals surface area contributed by atoms with Crippen molar-refractivity contribution in [1.29, 1.82) is 0 Å². The molecule has 92 valence electrons. The maximum absolute atomic E-state index is 6.23. The SMILES string of the molecule is NC1SC(Cl)=C(c2cn[nH]c2)N1c1ncccn1. The van der Waals surface area contributed by atoms with Crippen molar-refractivity contribution in [2.24, 2.45) is 5.73 Å². The topological polar surface area (TPSA) is 83.7 Å². The van der Waals surface area contributed by atoms with Gasteiger partial charge < -0.3 is 5.73 Å². The molecular weight excluding hydrogens is 272 g/mol. The van der Waals surface area contributed by atoms with Crippen molar-refractivity contribution in [1.82, 2.24) is 20.2 Å². The zero-order chi connectivity index (χ0) is 12.5. The van der Waals surface area contributed by atoms with E-state index in [0.29, 0.717) is 10.3 Å². The first-order valence-corrected chi connectivity index (χ1v) is 6.40. The summed E-state index contributed by atoms with van der Waals surface area (Å²) in [5.74, 6) is 0.518. The first-order valence-electron chi connectivity index (χ1n) is 5.15. The van der Waals surface area contributed by atoms with E-state index in [9.17, 15) is 0 Å². The number of hydrogen-bond donors (Lipinski definition) is 2. The fourth-order valence-corrected chi connectivity index (χ4v) is 3.02. The van der Waals surface area contributed by atoms with Crippen LogP contribution in [0.1, 0.15) is 5.56 Å². The number of H-pyrrole nitrogens is 1. The van der Waals surface area contributed by atoms with Gasteiger partial charge in [0.25, 0.3) is 0 Å². The van der Waals surface area contributed by atoms with Crippen molar-refractivity contribution < 1.29 is 0 Å². The van der Waals surface area contributed by atoms with Gasteiger partial charge in [-0.15, -0.1) is 0 Å². The highest BCUT2D eigenvalue weighted by Crippen LogP contribution is 2.44. The van der Waals surface area contributed by atoms with Gasteiger partial charge in [-0.1, -0.05) is 23.4 Å². The Morgan fingerprint density at radius 1 is 1.39 bits per heavy atom. The summed E-state index contributed by atoms with van der Waals surface area (Å²) in [5.41, 5.74) is 7.33. The number of nitrogens with two attached hydrogens (primary N) is 1. The van der Waals surface area contributed by atoms with Crippen LogP contribution in [-0.4, -0.2) is 25.7 Å². The lowest BCUT2D eigenvalue weighted by Crippen LogP contribution is -2.35. The van der Waals surface area contributed by atoms with Crippen LogP contribution in [0.3, 0.4) is 0 Å². The third kappa shape index (κ3) is 1.86. The van der Waals surface area contributed by atoms with Gasteiger partial charge in [0.05, 0.1) is 11.9 Å². The van der Waals surface area contributed by atoms with E-state index in [2.05, 4.69) is 20.2 Å². The molecule has 0 saturated carbocycles. The summed E-state index contributed by atoms with van der Waals surface area (Å²) < 4.78 is 0.608. The van der Waals surface area contributed by atoms with E-state index in [-0.39, 0.29) is 5.50 Å². The Morgan fingerprint density at radius 3 is 2.83 bits per heavy atom. The molecule has 0 bridgehead atoms. The van der Waals surface area contributed by atoms with Crippen LogP contribution in [0.15, 0.2) is 35.2 Å². The molecule has 1 aliphatic rings. The van der Waals surface area contributed by atoms with Gasteiger partial charge in [-0.05, 0) is 6.07 Å². The molecule has 3 N–H and O–H groups in total. The first-order chi connectivity index (χ1) is 8.77. The van der Waals surface area contributed by atoms with Crippen LogP contribution < -0.4 is 10.6 Å². The molecule has 0 fully saturated rings. The molecule has 0 saturated heterocycles. The number of halogens is 1. The summed E-state index contributed by atoms with van der Waals surface area (Å²) >= 11 is 7.59. The quantitative estimate of drug-likeness (QED) is 0.868. The Labute approximate surface area is 112 Å². The van der Waals surface area contributed by atoms with E-state index in [4.69, 9.17) is 17.3 Å². The highest BCUT2D eigenvalue weighted by Gasteiger charge is 2.33. The maximum atomic E-state index is 6.23. The monoisotopic (exact) mass is 280 g/mol. The van der Waals surface area contributed by atoms with Gasteiger partial charge in [-0.25, -0.2) is 9.97 Å². The van der Waals surface area contributed by atoms with Gasteiger partial charge in [-0.2, -0.15) is 5.10 Å². The van der Waals surface area contributed by atoms with E-state index in [0.717, 1.165) is 11.3 Å². The molecule has 0 aromatic carbocycles. The third-order valence-corrected chi connectivity index (χ3v) is 3.74. The molecule has 2 aromatic rings. The van der Waals surface area contributed by atoms with Gasteiger partial charge in [0.2, 0.25) is 5.95 Å². The molecule has 0 amide bonds. The van der Waals surface area contributed by atoms with Crippen molar-refractivity contribution in [3.8, 4) is 0 Å².